The zero-order valence-corrected chi connectivity index (χ0v) is 8.24. The van der Waals surface area contributed by atoms with Crippen molar-refractivity contribution >= 4 is 10.8 Å². The Morgan fingerprint density at radius 2 is 1.93 bits per heavy atom. The monoisotopic (exact) mass is 188 g/mol. The maximum atomic E-state index is 9.58. The van der Waals surface area contributed by atoms with Gasteiger partial charge in [-0.1, -0.05) is 18.2 Å². The predicted octanol–water partition coefficient (Wildman–Crippen LogP) is 2.86. The molecule has 0 amide bonds. The molecule has 0 aliphatic rings. The molecule has 0 saturated heterocycles. The summed E-state index contributed by atoms with van der Waals surface area (Å²) in [7, 11) is 1.64. The number of methoxy groups -OCH3 is 1. The van der Waals surface area contributed by atoms with Crippen molar-refractivity contribution < 1.29 is 9.84 Å². The molecule has 0 aromatic heterocycles. The lowest BCUT2D eigenvalue weighted by atomic mass is 10.0. The second-order valence-corrected chi connectivity index (χ2v) is 3.27. The summed E-state index contributed by atoms with van der Waals surface area (Å²) in [5.41, 5.74) is 0.861. The Morgan fingerprint density at radius 1 is 1.14 bits per heavy atom. The van der Waals surface area contributed by atoms with Crippen LogP contribution in [0.3, 0.4) is 0 Å². The van der Waals surface area contributed by atoms with Gasteiger partial charge in [-0.05, 0) is 24.4 Å². The molecule has 2 heteroatoms. The third-order valence-corrected chi connectivity index (χ3v) is 2.46. The minimum Gasteiger partial charge on any atom is -0.508 e. The summed E-state index contributed by atoms with van der Waals surface area (Å²) in [6.45, 7) is 1.89. The molecule has 0 atom stereocenters. The maximum Gasteiger partial charge on any atom is 0.127 e. The van der Waals surface area contributed by atoms with Crippen LogP contribution in [0.5, 0.6) is 11.5 Å². The average molecular weight is 188 g/mol. The molecule has 2 rings (SSSR count). The van der Waals surface area contributed by atoms with Gasteiger partial charge < -0.3 is 9.84 Å². The van der Waals surface area contributed by atoms with Crippen LogP contribution in [0.1, 0.15) is 5.56 Å². The molecule has 0 spiro atoms. The summed E-state index contributed by atoms with van der Waals surface area (Å²) in [6.07, 6.45) is 0. The van der Waals surface area contributed by atoms with Crippen molar-refractivity contribution in [3.8, 4) is 11.5 Å². The van der Waals surface area contributed by atoms with Crippen molar-refractivity contribution in [1.82, 2.24) is 0 Å². The van der Waals surface area contributed by atoms with E-state index in [-0.39, 0.29) is 0 Å². The fraction of sp³-hybridized carbons (Fsp3) is 0.167. The molecule has 0 bridgehead atoms. The highest BCUT2D eigenvalue weighted by atomic mass is 16.5. The molecule has 14 heavy (non-hydrogen) atoms. The van der Waals surface area contributed by atoms with E-state index in [1.165, 1.54) is 0 Å². The minimum atomic E-state index is 0.307. The van der Waals surface area contributed by atoms with Crippen LogP contribution in [-0.2, 0) is 0 Å². The van der Waals surface area contributed by atoms with Crippen molar-refractivity contribution in [2.75, 3.05) is 7.11 Å². The number of hydrogen-bond acceptors (Lipinski definition) is 2. The van der Waals surface area contributed by atoms with E-state index in [0.717, 1.165) is 22.1 Å². The molecule has 0 aliphatic heterocycles. The van der Waals surface area contributed by atoms with E-state index in [4.69, 9.17) is 4.74 Å². The van der Waals surface area contributed by atoms with E-state index in [0.29, 0.717) is 5.75 Å². The molecule has 0 heterocycles. The molecule has 72 valence electrons. The van der Waals surface area contributed by atoms with Crippen LogP contribution in [0.4, 0.5) is 0 Å². The molecule has 0 fully saturated rings. The number of benzene rings is 2. The van der Waals surface area contributed by atoms with Gasteiger partial charge in [0.15, 0.2) is 0 Å². The summed E-state index contributed by atoms with van der Waals surface area (Å²) in [5, 5.41) is 11.6. The second-order valence-electron chi connectivity index (χ2n) is 3.27. The third kappa shape index (κ3) is 1.20. The van der Waals surface area contributed by atoms with Crippen LogP contribution < -0.4 is 4.74 Å². The van der Waals surface area contributed by atoms with Gasteiger partial charge >= 0.3 is 0 Å². The Kier molecular flexibility index (Phi) is 2.04. The van der Waals surface area contributed by atoms with Gasteiger partial charge in [0.25, 0.3) is 0 Å². The Morgan fingerprint density at radius 3 is 2.64 bits per heavy atom. The molecular weight excluding hydrogens is 176 g/mol. The lowest BCUT2D eigenvalue weighted by Crippen LogP contribution is -1.87. The molecule has 0 unspecified atom stereocenters. The number of aromatic hydroxyl groups is 1. The number of fused-ring (bicyclic) bond motifs is 1. The highest BCUT2D eigenvalue weighted by molar-refractivity contribution is 5.92. The van der Waals surface area contributed by atoms with Crippen LogP contribution >= 0.6 is 0 Å². The Hall–Kier alpha value is -1.70. The van der Waals surface area contributed by atoms with Gasteiger partial charge in [0.05, 0.1) is 7.11 Å². The number of rotatable bonds is 1. The van der Waals surface area contributed by atoms with Gasteiger partial charge in [-0.15, -0.1) is 0 Å². The van der Waals surface area contributed by atoms with Crippen LogP contribution in [0.2, 0.25) is 0 Å². The molecule has 0 radical (unpaired) electrons. The number of aryl methyl sites for hydroxylation is 1. The van der Waals surface area contributed by atoms with Crippen LogP contribution in [0.25, 0.3) is 10.8 Å². The summed E-state index contributed by atoms with van der Waals surface area (Å²) >= 11 is 0. The first kappa shape index (κ1) is 8.88. The summed E-state index contributed by atoms with van der Waals surface area (Å²) < 4.78 is 5.25. The highest BCUT2D eigenvalue weighted by Gasteiger charge is 2.06. The van der Waals surface area contributed by atoms with Gasteiger partial charge in [0, 0.05) is 10.9 Å². The van der Waals surface area contributed by atoms with Crippen molar-refractivity contribution in [3.63, 3.8) is 0 Å². The molecule has 2 aromatic carbocycles. The van der Waals surface area contributed by atoms with E-state index >= 15 is 0 Å². The van der Waals surface area contributed by atoms with Crippen LogP contribution in [0, 0.1) is 6.92 Å². The van der Waals surface area contributed by atoms with E-state index in [2.05, 4.69) is 0 Å². The van der Waals surface area contributed by atoms with Crippen LogP contribution in [0.15, 0.2) is 30.3 Å². The zero-order chi connectivity index (χ0) is 10.1. The van der Waals surface area contributed by atoms with Gasteiger partial charge in [0.2, 0.25) is 0 Å². The quantitative estimate of drug-likeness (QED) is 0.745. The SMILES string of the molecule is COc1cccc2ccc(O)c(C)c12. The van der Waals surface area contributed by atoms with Crippen molar-refractivity contribution in [3.05, 3.63) is 35.9 Å². The van der Waals surface area contributed by atoms with Crippen molar-refractivity contribution in [2.24, 2.45) is 0 Å². The molecule has 0 aliphatic carbocycles. The largest absolute Gasteiger partial charge is 0.508 e. The summed E-state index contributed by atoms with van der Waals surface area (Å²) in [6, 6.07) is 9.44. The molecular formula is C12H12O2. The van der Waals surface area contributed by atoms with Crippen molar-refractivity contribution in [2.45, 2.75) is 6.92 Å². The maximum absolute atomic E-state index is 9.58. The van der Waals surface area contributed by atoms with E-state index < -0.39 is 0 Å². The Balaban J connectivity index is 2.89. The summed E-state index contributed by atoms with van der Waals surface area (Å²) in [4.78, 5) is 0. The van der Waals surface area contributed by atoms with Crippen LogP contribution in [-0.4, -0.2) is 12.2 Å². The fourth-order valence-electron chi connectivity index (χ4n) is 1.68. The zero-order valence-electron chi connectivity index (χ0n) is 8.24. The molecule has 0 saturated carbocycles. The fourth-order valence-corrected chi connectivity index (χ4v) is 1.68. The topological polar surface area (TPSA) is 29.5 Å². The number of ether oxygens (including phenoxy) is 1. The molecule has 2 nitrogen and oxygen atoms in total. The van der Waals surface area contributed by atoms with E-state index in [1.54, 1.807) is 13.2 Å². The van der Waals surface area contributed by atoms with Crippen molar-refractivity contribution in [1.29, 1.82) is 0 Å². The number of hydrogen-bond donors (Lipinski definition) is 1. The number of phenols is 1. The average Bonchev–Trinajstić information content (AvgIpc) is 2.23. The lowest BCUT2D eigenvalue weighted by Gasteiger charge is -2.08. The number of phenolic OH excluding ortho intramolecular Hbond substituents is 1. The predicted molar refractivity (Wildman–Crippen MR) is 56.9 cm³/mol. The Labute approximate surface area is 82.8 Å². The second kappa shape index (κ2) is 3.22. The van der Waals surface area contributed by atoms with E-state index in [9.17, 15) is 5.11 Å². The first-order chi connectivity index (χ1) is 6.74. The first-order valence-corrected chi connectivity index (χ1v) is 4.49. The first-order valence-electron chi connectivity index (χ1n) is 4.49. The lowest BCUT2D eigenvalue weighted by molar-refractivity contribution is 0.419. The molecule has 2 aromatic rings. The van der Waals surface area contributed by atoms with Gasteiger partial charge in [-0.25, -0.2) is 0 Å². The minimum absolute atomic E-state index is 0.307. The Bertz CT molecular complexity index is 475. The van der Waals surface area contributed by atoms with E-state index in [1.807, 2.05) is 31.2 Å². The normalized spacial score (nSPS) is 10.4. The summed E-state index contributed by atoms with van der Waals surface area (Å²) in [5.74, 6) is 1.11. The standard InChI is InChI=1S/C12H12O2/c1-8-10(13)7-6-9-4-3-5-11(14-2)12(8)9/h3-7,13H,1-2H3. The third-order valence-electron chi connectivity index (χ3n) is 2.46. The van der Waals surface area contributed by atoms with Gasteiger partial charge in [0.1, 0.15) is 11.5 Å². The van der Waals surface area contributed by atoms with Gasteiger partial charge in [-0.2, -0.15) is 0 Å². The molecule has 1 N–H and O–H groups in total. The highest BCUT2D eigenvalue weighted by Crippen LogP contribution is 2.32. The smallest absolute Gasteiger partial charge is 0.127 e. The van der Waals surface area contributed by atoms with Gasteiger partial charge in [-0.3, -0.25) is 0 Å².